The van der Waals surface area contributed by atoms with Crippen LogP contribution in [0.5, 0.6) is 0 Å². The van der Waals surface area contributed by atoms with Gasteiger partial charge in [0.15, 0.2) is 5.78 Å². The molecule has 0 bridgehead atoms. The first-order chi connectivity index (χ1) is 8.69. The van der Waals surface area contributed by atoms with Crippen molar-refractivity contribution in [2.24, 2.45) is 0 Å². The molecule has 0 aliphatic heterocycles. The molecule has 2 aromatic rings. The van der Waals surface area contributed by atoms with Crippen LogP contribution < -0.4 is 0 Å². The lowest BCUT2D eigenvalue weighted by atomic mass is 10.1. The summed E-state index contributed by atoms with van der Waals surface area (Å²) in [7, 11) is 0. The summed E-state index contributed by atoms with van der Waals surface area (Å²) in [4.78, 5) is 11.7. The summed E-state index contributed by atoms with van der Waals surface area (Å²) in [6, 6.07) is 8.31. The molecule has 0 N–H and O–H groups in total. The van der Waals surface area contributed by atoms with Crippen LogP contribution in [0.3, 0.4) is 0 Å². The fourth-order valence-corrected chi connectivity index (χ4v) is 1.92. The Morgan fingerprint density at radius 2 is 2.17 bits per heavy atom. The Morgan fingerprint density at radius 1 is 1.33 bits per heavy atom. The first-order valence-corrected chi connectivity index (χ1v) is 6.12. The zero-order chi connectivity index (χ0) is 13.0. The van der Waals surface area contributed by atoms with Crippen molar-refractivity contribution < 1.29 is 9.18 Å². The summed E-state index contributed by atoms with van der Waals surface area (Å²) < 4.78 is 14.9. The van der Waals surface area contributed by atoms with Crippen molar-refractivity contribution >= 4 is 5.78 Å². The van der Waals surface area contributed by atoms with E-state index in [9.17, 15) is 9.18 Å². The number of aromatic nitrogens is 1. The normalized spacial score (nSPS) is 10.6. The highest BCUT2D eigenvalue weighted by Crippen LogP contribution is 2.10. The lowest BCUT2D eigenvalue weighted by Gasteiger charge is -2.03. The third kappa shape index (κ3) is 3.06. The molecule has 0 radical (unpaired) electrons. The predicted octanol–water partition coefficient (Wildman–Crippen LogP) is 3.66. The van der Waals surface area contributed by atoms with Crippen molar-refractivity contribution in [3.05, 3.63) is 59.7 Å². The Bertz CT molecular complexity index is 545. The third-order valence-electron chi connectivity index (χ3n) is 2.80. The van der Waals surface area contributed by atoms with Crippen LogP contribution in [0.25, 0.3) is 0 Å². The van der Waals surface area contributed by atoms with Crippen molar-refractivity contribution in [2.45, 2.75) is 26.3 Å². The third-order valence-corrected chi connectivity index (χ3v) is 2.80. The molecule has 94 valence electrons. The highest BCUT2D eigenvalue weighted by atomic mass is 19.1. The minimum absolute atomic E-state index is 0.162. The van der Waals surface area contributed by atoms with Gasteiger partial charge in [0.25, 0.3) is 0 Å². The van der Waals surface area contributed by atoms with Gasteiger partial charge in [0.1, 0.15) is 5.82 Å². The number of hydrogen-bond donors (Lipinski definition) is 0. The second kappa shape index (κ2) is 5.63. The van der Waals surface area contributed by atoms with E-state index in [0.29, 0.717) is 13.0 Å². The van der Waals surface area contributed by atoms with Gasteiger partial charge in [0.05, 0.1) is 0 Å². The number of rotatable bonds is 5. The van der Waals surface area contributed by atoms with Crippen LogP contribution in [0.2, 0.25) is 0 Å². The lowest BCUT2D eigenvalue weighted by molar-refractivity contribution is 0.0981. The van der Waals surface area contributed by atoms with Crippen molar-refractivity contribution in [2.75, 3.05) is 0 Å². The molecule has 0 spiro atoms. The molecule has 0 aliphatic rings. The number of halogens is 1. The molecule has 0 unspecified atom stereocenters. The maximum atomic E-state index is 13.0. The number of hydrogen-bond acceptors (Lipinski definition) is 1. The second-order valence-corrected chi connectivity index (χ2v) is 4.38. The molecule has 1 heterocycles. The van der Waals surface area contributed by atoms with Gasteiger partial charge in [-0.3, -0.25) is 4.79 Å². The van der Waals surface area contributed by atoms with Gasteiger partial charge in [-0.15, -0.1) is 0 Å². The molecule has 0 fully saturated rings. The van der Waals surface area contributed by atoms with Gasteiger partial charge in [0.2, 0.25) is 0 Å². The fraction of sp³-hybridized carbons (Fsp3) is 0.267. The van der Waals surface area contributed by atoms with Crippen molar-refractivity contribution in [1.82, 2.24) is 4.57 Å². The summed E-state index contributed by atoms with van der Waals surface area (Å²) >= 11 is 0. The molecule has 0 amide bonds. The van der Waals surface area contributed by atoms with Gasteiger partial charge >= 0.3 is 0 Å². The van der Waals surface area contributed by atoms with Gasteiger partial charge in [0, 0.05) is 30.9 Å². The monoisotopic (exact) mass is 245 g/mol. The first kappa shape index (κ1) is 12.6. The highest BCUT2D eigenvalue weighted by molar-refractivity contribution is 5.95. The zero-order valence-electron chi connectivity index (χ0n) is 10.4. The van der Waals surface area contributed by atoms with E-state index < -0.39 is 0 Å². The van der Waals surface area contributed by atoms with Crippen molar-refractivity contribution in [3.63, 3.8) is 0 Å². The molecule has 2 nitrogen and oxygen atoms in total. The van der Waals surface area contributed by atoms with E-state index in [2.05, 4.69) is 0 Å². The van der Waals surface area contributed by atoms with E-state index in [0.717, 1.165) is 17.5 Å². The van der Waals surface area contributed by atoms with E-state index in [-0.39, 0.29) is 11.6 Å². The van der Waals surface area contributed by atoms with Crippen LogP contribution in [-0.2, 0) is 6.54 Å². The molecule has 0 aliphatic carbocycles. The van der Waals surface area contributed by atoms with Crippen LogP contribution in [0, 0.1) is 5.82 Å². The van der Waals surface area contributed by atoms with E-state index in [1.54, 1.807) is 6.07 Å². The molecular weight excluding hydrogens is 229 g/mol. The minimum atomic E-state index is -0.234. The molecule has 0 atom stereocenters. The number of nitrogens with zero attached hydrogens (tertiary/aromatic N) is 1. The molecule has 0 saturated heterocycles. The molecular formula is C15H16FNO. The summed E-state index contributed by atoms with van der Waals surface area (Å²) in [5.74, 6) is -0.0718. The average Bonchev–Trinajstić information content (AvgIpc) is 2.78. The molecule has 18 heavy (non-hydrogen) atoms. The number of carbonyl (C=O) groups is 1. The molecule has 1 aromatic carbocycles. The smallest absolute Gasteiger partial charge is 0.164 e. The Labute approximate surface area is 106 Å². The quantitative estimate of drug-likeness (QED) is 0.737. The van der Waals surface area contributed by atoms with Crippen LogP contribution >= 0.6 is 0 Å². The lowest BCUT2D eigenvalue weighted by Crippen LogP contribution is -1.99. The van der Waals surface area contributed by atoms with Gasteiger partial charge < -0.3 is 4.57 Å². The molecule has 2 rings (SSSR count). The van der Waals surface area contributed by atoms with Crippen LogP contribution in [0.1, 0.15) is 35.7 Å². The van der Waals surface area contributed by atoms with E-state index in [4.69, 9.17) is 0 Å². The van der Waals surface area contributed by atoms with Gasteiger partial charge in [-0.05, 0) is 30.2 Å². The SMILES string of the molecule is CCCC(=O)c1ccn(Cc2cccc(F)c2)c1. The van der Waals surface area contributed by atoms with Gasteiger partial charge in [-0.2, -0.15) is 0 Å². The summed E-state index contributed by atoms with van der Waals surface area (Å²) in [5.41, 5.74) is 1.62. The first-order valence-electron chi connectivity index (χ1n) is 6.12. The van der Waals surface area contributed by atoms with Crippen molar-refractivity contribution in [1.29, 1.82) is 0 Å². The second-order valence-electron chi connectivity index (χ2n) is 4.38. The van der Waals surface area contributed by atoms with E-state index in [1.165, 1.54) is 12.1 Å². The van der Waals surface area contributed by atoms with Gasteiger partial charge in [-0.25, -0.2) is 4.39 Å². The maximum absolute atomic E-state index is 13.0. The summed E-state index contributed by atoms with van der Waals surface area (Å²) in [6.07, 6.45) is 5.11. The Morgan fingerprint density at radius 3 is 2.89 bits per heavy atom. The van der Waals surface area contributed by atoms with Crippen LogP contribution in [0.15, 0.2) is 42.7 Å². The fourth-order valence-electron chi connectivity index (χ4n) is 1.92. The van der Waals surface area contributed by atoms with Gasteiger partial charge in [-0.1, -0.05) is 19.1 Å². The number of Topliss-reactive ketones (excluding diaryl/α,β-unsaturated/α-hetero) is 1. The van der Waals surface area contributed by atoms with Crippen LogP contribution in [0.4, 0.5) is 4.39 Å². The van der Waals surface area contributed by atoms with E-state index in [1.807, 2.05) is 36.0 Å². The molecule has 0 saturated carbocycles. The van der Waals surface area contributed by atoms with Crippen LogP contribution in [-0.4, -0.2) is 10.4 Å². The highest BCUT2D eigenvalue weighted by Gasteiger charge is 2.06. The minimum Gasteiger partial charge on any atom is -0.349 e. The molecule has 1 aromatic heterocycles. The summed E-state index contributed by atoms with van der Waals surface area (Å²) in [6.45, 7) is 2.57. The predicted molar refractivity (Wildman–Crippen MR) is 69.2 cm³/mol. The van der Waals surface area contributed by atoms with Crippen molar-refractivity contribution in [3.8, 4) is 0 Å². The number of ketones is 1. The maximum Gasteiger partial charge on any atom is 0.164 e. The zero-order valence-corrected chi connectivity index (χ0v) is 10.4. The Hall–Kier alpha value is -1.90. The topological polar surface area (TPSA) is 22.0 Å². The molecule has 3 heteroatoms. The summed E-state index contributed by atoms with van der Waals surface area (Å²) in [5, 5.41) is 0. The standard InChI is InChI=1S/C15H16FNO/c1-2-4-15(18)13-7-8-17(11-13)10-12-5-3-6-14(16)9-12/h3,5-9,11H,2,4,10H2,1H3. The number of benzene rings is 1. The average molecular weight is 245 g/mol. The Balaban J connectivity index is 2.09. The Kier molecular flexibility index (Phi) is 3.92. The van der Waals surface area contributed by atoms with E-state index >= 15 is 0 Å². The largest absolute Gasteiger partial charge is 0.349 e. The number of carbonyl (C=O) groups excluding carboxylic acids is 1.